The minimum absolute atomic E-state index is 0.0341. The zero-order valence-corrected chi connectivity index (χ0v) is 9.93. The van der Waals surface area contributed by atoms with Crippen LogP contribution in [-0.2, 0) is 6.42 Å². The highest BCUT2D eigenvalue weighted by atomic mass is 35.5. The molecule has 0 saturated heterocycles. The van der Waals surface area contributed by atoms with Gasteiger partial charge in [-0.1, -0.05) is 42.8 Å². The van der Waals surface area contributed by atoms with Crippen molar-refractivity contribution < 1.29 is 8.78 Å². The third kappa shape index (κ3) is 2.44. The van der Waals surface area contributed by atoms with Crippen LogP contribution in [0.3, 0.4) is 0 Å². The van der Waals surface area contributed by atoms with Crippen LogP contribution in [0.25, 0.3) is 11.1 Å². The largest absolute Gasteiger partial charge is 0.250 e. The molecular weight excluding hydrogens is 244 g/mol. The Labute approximate surface area is 103 Å². The van der Waals surface area contributed by atoms with E-state index < -0.39 is 11.8 Å². The predicted molar refractivity (Wildman–Crippen MR) is 64.0 cm³/mol. The lowest BCUT2D eigenvalue weighted by molar-refractivity contribution is 0.480. The summed E-state index contributed by atoms with van der Waals surface area (Å²) in [5.41, 5.74) is 2.28. The third-order valence-corrected chi connectivity index (χ3v) is 2.85. The summed E-state index contributed by atoms with van der Waals surface area (Å²) in [5, 5.41) is -0.0341. The summed E-state index contributed by atoms with van der Waals surface area (Å²) in [7, 11) is 0. The molecule has 0 aliphatic carbocycles. The van der Waals surface area contributed by atoms with E-state index in [-0.39, 0.29) is 5.15 Å². The Balaban J connectivity index is 2.48. The number of halogens is 3. The van der Waals surface area contributed by atoms with Crippen LogP contribution in [0.15, 0.2) is 30.3 Å². The number of hydrogen-bond acceptors (Lipinski definition) is 1. The average Bonchev–Trinajstić information content (AvgIpc) is 2.34. The second-order valence-electron chi connectivity index (χ2n) is 3.65. The Morgan fingerprint density at radius 2 is 1.82 bits per heavy atom. The number of rotatable bonds is 2. The molecule has 0 aliphatic rings. The topological polar surface area (TPSA) is 12.9 Å². The van der Waals surface area contributed by atoms with E-state index in [2.05, 4.69) is 4.98 Å². The monoisotopic (exact) mass is 253 g/mol. The maximum atomic E-state index is 13.1. The number of nitrogens with zero attached hydrogens (tertiary/aromatic N) is 1. The average molecular weight is 254 g/mol. The van der Waals surface area contributed by atoms with Gasteiger partial charge in [-0.3, -0.25) is 0 Å². The lowest BCUT2D eigenvalue weighted by Gasteiger charge is -2.05. The minimum Gasteiger partial charge on any atom is -0.205 e. The molecular formula is C13H10ClF2N. The standard InChI is InChI=1S/C13H10ClF2N/c1-2-8-3-5-9(6-4-8)10-7-11(15)13(16)17-12(10)14/h3-7H,2H2,1H3. The molecule has 0 bridgehead atoms. The van der Waals surface area contributed by atoms with Crippen molar-refractivity contribution >= 4 is 11.6 Å². The van der Waals surface area contributed by atoms with E-state index in [0.29, 0.717) is 5.56 Å². The van der Waals surface area contributed by atoms with Crippen molar-refractivity contribution in [2.45, 2.75) is 13.3 Å². The first-order chi connectivity index (χ1) is 8.11. The van der Waals surface area contributed by atoms with Gasteiger partial charge in [0.2, 0.25) is 5.95 Å². The Morgan fingerprint density at radius 3 is 2.41 bits per heavy atom. The zero-order valence-electron chi connectivity index (χ0n) is 9.17. The van der Waals surface area contributed by atoms with E-state index in [9.17, 15) is 8.78 Å². The highest BCUT2D eigenvalue weighted by Gasteiger charge is 2.11. The summed E-state index contributed by atoms with van der Waals surface area (Å²) in [4.78, 5) is 3.32. The van der Waals surface area contributed by atoms with Gasteiger partial charge in [-0.15, -0.1) is 0 Å². The highest BCUT2D eigenvalue weighted by molar-refractivity contribution is 6.32. The van der Waals surface area contributed by atoms with Crippen molar-refractivity contribution in [1.82, 2.24) is 4.98 Å². The molecule has 0 atom stereocenters. The quantitative estimate of drug-likeness (QED) is 0.730. The maximum Gasteiger partial charge on any atom is 0.250 e. The van der Waals surface area contributed by atoms with Gasteiger partial charge in [-0.25, -0.2) is 9.37 Å². The Bertz CT molecular complexity index is 538. The third-order valence-electron chi connectivity index (χ3n) is 2.56. The minimum atomic E-state index is -1.18. The van der Waals surface area contributed by atoms with Crippen molar-refractivity contribution in [1.29, 1.82) is 0 Å². The Kier molecular flexibility index (Phi) is 3.38. The molecule has 0 amide bonds. The first kappa shape index (κ1) is 12.0. The van der Waals surface area contributed by atoms with Crippen LogP contribution >= 0.6 is 11.6 Å². The van der Waals surface area contributed by atoms with Gasteiger partial charge < -0.3 is 0 Å². The van der Waals surface area contributed by atoms with Gasteiger partial charge in [0.05, 0.1) is 0 Å². The van der Waals surface area contributed by atoms with Crippen LogP contribution in [-0.4, -0.2) is 4.98 Å². The van der Waals surface area contributed by atoms with E-state index in [1.165, 1.54) is 5.56 Å². The van der Waals surface area contributed by atoms with E-state index in [4.69, 9.17) is 11.6 Å². The maximum absolute atomic E-state index is 13.1. The van der Waals surface area contributed by atoms with Gasteiger partial charge in [-0.05, 0) is 23.6 Å². The van der Waals surface area contributed by atoms with Crippen LogP contribution in [0.2, 0.25) is 5.15 Å². The lowest BCUT2D eigenvalue weighted by atomic mass is 10.0. The molecule has 0 fully saturated rings. The van der Waals surface area contributed by atoms with E-state index in [0.717, 1.165) is 18.1 Å². The molecule has 1 nitrogen and oxygen atoms in total. The number of hydrogen-bond donors (Lipinski definition) is 0. The molecule has 0 radical (unpaired) electrons. The van der Waals surface area contributed by atoms with Gasteiger partial charge in [0, 0.05) is 5.56 Å². The molecule has 2 rings (SSSR count). The molecule has 88 valence electrons. The van der Waals surface area contributed by atoms with Gasteiger partial charge >= 0.3 is 0 Å². The Hall–Kier alpha value is -1.48. The van der Waals surface area contributed by atoms with Crippen molar-refractivity contribution in [2.24, 2.45) is 0 Å². The molecule has 1 aromatic heterocycles. The van der Waals surface area contributed by atoms with Gasteiger partial charge in [0.1, 0.15) is 5.15 Å². The van der Waals surface area contributed by atoms with Crippen molar-refractivity contribution in [3.8, 4) is 11.1 Å². The zero-order chi connectivity index (χ0) is 12.4. The van der Waals surface area contributed by atoms with E-state index >= 15 is 0 Å². The van der Waals surface area contributed by atoms with Crippen LogP contribution in [0.5, 0.6) is 0 Å². The molecule has 1 aromatic carbocycles. The summed E-state index contributed by atoms with van der Waals surface area (Å²) in [6.45, 7) is 2.04. The fourth-order valence-electron chi connectivity index (χ4n) is 1.57. The molecule has 0 N–H and O–H groups in total. The molecule has 1 heterocycles. The highest BCUT2D eigenvalue weighted by Crippen LogP contribution is 2.28. The Morgan fingerprint density at radius 1 is 1.18 bits per heavy atom. The fraction of sp³-hybridized carbons (Fsp3) is 0.154. The number of aromatic nitrogens is 1. The summed E-state index contributed by atoms with van der Waals surface area (Å²) < 4.78 is 25.9. The van der Waals surface area contributed by atoms with E-state index in [1.807, 2.05) is 31.2 Å². The fourth-order valence-corrected chi connectivity index (χ4v) is 1.81. The number of pyridine rings is 1. The molecule has 0 unspecified atom stereocenters. The summed E-state index contributed by atoms with van der Waals surface area (Å²) >= 11 is 5.79. The van der Waals surface area contributed by atoms with E-state index in [1.54, 1.807) is 0 Å². The first-order valence-electron chi connectivity index (χ1n) is 5.22. The molecule has 17 heavy (non-hydrogen) atoms. The summed E-state index contributed by atoms with van der Waals surface area (Å²) in [5.74, 6) is -2.17. The molecule has 0 spiro atoms. The van der Waals surface area contributed by atoms with Crippen molar-refractivity contribution in [2.75, 3.05) is 0 Å². The van der Waals surface area contributed by atoms with Crippen LogP contribution < -0.4 is 0 Å². The number of benzene rings is 1. The van der Waals surface area contributed by atoms with Crippen LogP contribution in [0.4, 0.5) is 8.78 Å². The molecule has 2 aromatic rings. The van der Waals surface area contributed by atoms with Crippen molar-refractivity contribution in [3.63, 3.8) is 0 Å². The molecule has 4 heteroatoms. The second kappa shape index (κ2) is 4.80. The second-order valence-corrected chi connectivity index (χ2v) is 4.01. The first-order valence-corrected chi connectivity index (χ1v) is 5.60. The SMILES string of the molecule is CCc1ccc(-c2cc(F)c(F)nc2Cl)cc1. The number of aryl methyl sites for hydroxylation is 1. The van der Waals surface area contributed by atoms with Gasteiger partial charge in [0.25, 0.3) is 0 Å². The molecule has 0 aliphatic heterocycles. The summed E-state index contributed by atoms with van der Waals surface area (Å²) in [6.07, 6.45) is 0.921. The van der Waals surface area contributed by atoms with Crippen molar-refractivity contribution in [3.05, 3.63) is 52.8 Å². The van der Waals surface area contributed by atoms with Crippen LogP contribution in [0.1, 0.15) is 12.5 Å². The summed E-state index contributed by atoms with van der Waals surface area (Å²) in [6, 6.07) is 8.55. The predicted octanol–water partition coefficient (Wildman–Crippen LogP) is 4.24. The van der Waals surface area contributed by atoms with Gasteiger partial charge in [0.15, 0.2) is 5.82 Å². The lowest BCUT2D eigenvalue weighted by Crippen LogP contribution is -1.93. The van der Waals surface area contributed by atoms with Gasteiger partial charge in [-0.2, -0.15) is 4.39 Å². The van der Waals surface area contributed by atoms with Crippen LogP contribution in [0, 0.1) is 11.8 Å². The molecule has 0 saturated carbocycles. The normalized spacial score (nSPS) is 10.6. The smallest absolute Gasteiger partial charge is 0.205 e.